The molecule has 0 amide bonds. The Hall–Kier alpha value is -0.610. The van der Waals surface area contributed by atoms with Crippen LogP contribution in [0, 0.1) is 5.41 Å². The molecule has 0 rings (SSSR count). The number of methoxy groups -OCH3 is 1. The minimum Gasteiger partial charge on any atom is -0.468 e. The van der Waals surface area contributed by atoms with E-state index in [0.29, 0.717) is 12.6 Å². The molecular formula is C12H26N2O2. The topological polar surface area (TPSA) is 41.6 Å². The fourth-order valence-electron chi connectivity index (χ4n) is 1.53. The zero-order valence-corrected chi connectivity index (χ0v) is 11.6. The van der Waals surface area contributed by atoms with Gasteiger partial charge in [0.15, 0.2) is 0 Å². The van der Waals surface area contributed by atoms with Crippen molar-refractivity contribution in [2.24, 2.45) is 5.41 Å². The normalized spacial score (nSPS) is 16.0. The van der Waals surface area contributed by atoms with Gasteiger partial charge in [0.1, 0.15) is 6.04 Å². The van der Waals surface area contributed by atoms with Gasteiger partial charge in [0, 0.05) is 12.6 Å². The Balaban J connectivity index is 4.41. The predicted octanol–water partition coefficient (Wildman–Crippen LogP) is 1.11. The Bertz CT molecular complexity index is 224. The van der Waals surface area contributed by atoms with Crippen molar-refractivity contribution in [2.75, 3.05) is 27.7 Å². The van der Waals surface area contributed by atoms with Crippen LogP contribution in [0.3, 0.4) is 0 Å². The van der Waals surface area contributed by atoms with Crippen LogP contribution in [-0.4, -0.2) is 50.7 Å². The lowest BCUT2D eigenvalue weighted by Crippen LogP contribution is -2.49. The van der Waals surface area contributed by atoms with Crippen LogP contribution in [0.2, 0.25) is 0 Å². The van der Waals surface area contributed by atoms with Crippen LogP contribution >= 0.6 is 0 Å². The van der Waals surface area contributed by atoms with Gasteiger partial charge >= 0.3 is 5.97 Å². The maximum absolute atomic E-state index is 11.4. The lowest BCUT2D eigenvalue weighted by atomic mass is 9.87. The van der Waals surface area contributed by atoms with Crippen molar-refractivity contribution in [3.05, 3.63) is 0 Å². The van der Waals surface area contributed by atoms with E-state index in [9.17, 15) is 4.79 Å². The second-order valence-electron chi connectivity index (χ2n) is 5.35. The Morgan fingerprint density at radius 1 is 1.44 bits per heavy atom. The summed E-state index contributed by atoms with van der Waals surface area (Å²) in [5.74, 6) is -0.213. The van der Waals surface area contributed by atoms with Crippen LogP contribution in [0.4, 0.5) is 0 Å². The summed E-state index contributed by atoms with van der Waals surface area (Å²) in [4.78, 5) is 13.6. The fourth-order valence-corrected chi connectivity index (χ4v) is 1.53. The molecule has 96 valence electrons. The van der Waals surface area contributed by atoms with Gasteiger partial charge in [-0.1, -0.05) is 20.8 Å². The van der Waals surface area contributed by atoms with E-state index in [1.807, 2.05) is 7.05 Å². The van der Waals surface area contributed by atoms with E-state index in [1.165, 1.54) is 7.11 Å². The molecule has 4 nitrogen and oxygen atoms in total. The van der Waals surface area contributed by atoms with Crippen molar-refractivity contribution in [3.8, 4) is 0 Å². The predicted molar refractivity (Wildman–Crippen MR) is 66.4 cm³/mol. The summed E-state index contributed by atoms with van der Waals surface area (Å²) in [6.45, 7) is 9.41. The Labute approximate surface area is 99.3 Å². The van der Waals surface area contributed by atoms with Crippen LogP contribution in [0.25, 0.3) is 0 Å². The number of carbonyl (C=O) groups excluding carboxylic acids is 1. The number of carbonyl (C=O) groups is 1. The molecule has 0 aromatic heterocycles. The van der Waals surface area contributed by atoms with Gasteiger partial charge in [-0.2, -0.15) is 0 Å². The number of likely N-dealkylation sites (N-methyl/N-ethyl adjacent to an activating group) is 2. The molecule has 0 radical (unpaired) electrons. The van der Waals surface area contributed by atoms with E-state index in [2.05, 4.69) is 37.9 Å². The highest BCUT2D eigenvalue weighted by atomic mass is 16.5. The quantitative estimate of drug-likeness (QED) is 0.719. The van der Waals surface area contributed by atoms with Gasteiger partial charge in [-0.05, 0) is 26.4 Å². The summed E-state index contributed by atoms with van der Waals surface area (Å²) in [6.07, 6.45) is 0. The first-order valence-electron chi connectivity index (χ1n) is 5.69. The molecule has 4 heteroatoms. The summed E-state index contributed by atoms with van der Waals surface area (Å²) in [6, 6.07) is 0.132. The highest BCUT2D eigenvalue weighted by Gasteiger charge is 2.27. The first-order chi connectivity index (χ1) is 7.23. The van der Waals surface area contributed by atoms with E-state index >= 15 is 0 Å². The fraction of sp³-hybridized carbons (Fsp3) is 0.917. The summed E-state index contributed by atoms with van der Waals surface area (Å²) >= 11 is 0. The average Bonchev–Trinajstić information content (AvgIpc) is 2.21. The van der Waals surface area contributed by atoms with Crippen LogP contribution in [-0.2, 0) is 9.53 Å². The number of hydrogen-bond acceptors (Lipinski definition) is 4. The van der Waals surface area contributed by atoms with E-state index < -0.39 is 0 Å². The van der Waals surface area contributed by atoms with Gasteiger partial charge in [0.05, 0.1) is 7.11 Å². The minimum atomic E-state index is -0.264. The second kappa shape index (κ2) is 6.21. The zero-order chi connectivity index (χ0) is 12.9. The van der Waals surface area contributed by atoms with E-state index in [4.69, 9.17) is 4.74 Å². The minimum absolute atomic E-state index is 0.198. The molecule has 2 atom stereocenters. The molecule has 0 aromatic rings. The van der Waals surface area contributed by atoms with Gasteiger partial charge in [0.2, 0.25) is 0 Å². The highest BCUT2D eigenvalue weighted by Crippen LogP contribution is 2.22. The zero-order valence-electron chi connectivity index (χ0n) is 11.6. The Morgan fingerprint density at radius 3 is 2.25 bits per heavy atom. The molecule has 0 aliphatic heterocycles. The molecule has 0 heterocycles. The third-order valence-electron chi connectivity index (χ3n) is 3.22. The summed E-state index contributed by atoms with van der Waals surface area (Å²) in [5.41, 5.74) is 0.198. The molecule has 0 aliphatic carbocycles. The molecule has 2 unspecified atom stereocenters. The maximum atomic E-state index is 11.4. The monoisotopic (exact) mass is 230 g/mol. The largest absolute Gasteiger partial charge is 0.468 e. The lowest BCUT2D eigenvalue weighted by Gasteiger charge is -2.36. The third-order valence-corrected chi connectivity index (χ3v) is 3.22. The number of hydrogen-bond donors (Lipinski definition) is 1. The molecule has 0 fully saturated rings. The van der Waals surface area contributed by atoms with Crippen molar-refractivity contribution in [1.29, 1.82) is 0 Å². The van der Waals surface area contributed by atoms with E-state index in [0.717, 1.165) is 0 Å². The molecule has 0 saturated heterocycles. The average molecular weight is 230 g/mol. The molecule has 0 aliphatic rings. The van der Waals surface area contributed by atoms with Crippen molar-refractivity contribution < 1.29 is 9.53 Å². The second-order valence-corrected chi connectivity index (χ2v) is 5.35. The van der Waals surface area contributed by atoms with Crippen molar-refractivity contribution in [2.45, 2.75) is 39.8 Å². The highest BCUT2D eigenvalue weighted by molar-refractivity contribution is 5.75. The van der Waals surface area contributed by atoms with Gasteiger partial charge < -0.3 is 15.0 Å². The van der Waals surface area contributed by atoms with E-state index in [-0.39, 0.29) is 17.4 Å². The van der Waals surface area contributed by atoms with Gasteiger partial charge in [-0.25, -0.2) is 0 Å². The molecule has 0 aromatic carbocycles. The van der Waals surface area contributed by atoms with Gasteiger partial charge in [0.25, 0.3) is 0 Å². The Morgan fingerprint density at radius 2 is 1.94 bits per heavy atom. The molecule has 0 saturated carbocycles. The van der Waals surface area contributed by atoms with E-state index in [1.54, 1.807) is 7.05 Å². The van der Waals surface area contributed by atoms with Crippen LogP contribution in [0.15, 0.2) is 0 Å². The number of ether oxygens (including phenoxy) is 1. The van der Waals surface area contributed by atoms with Crippen molar-refractivity contribution in [3.63, 3.8) is 0 Å². The van der Waals surface area contributed by atoms with Crippen LogP contribution in [0.1, 0.15) is 27.7 Å². The number of esters is 1. The van der Waals surface area contributed by atoms with Gasteiger partial charge in [-0.15, -0.1) is 0 Å². The first kappa shape index (κ1) is 15.4. The number of rotatable bonds is 5. The van der Waals surface area contributed by atoms with Crippen LogP contribution < -0.4 is 5.32 Å². The summed E-state index contributed by atoms with van der Waals surface area (Å²) < 4.78 is 4.74. The first-order valence-corrected chi connectivity index (χ1v) is 5.69. The maximum Gasteiger partial charge on any atom is 0.324 e. The van der Waals surface area contributed by atoms with Crippen molar-refractivity contribution >= 4 is 5.97 Å². The molecule has 0 bridgehead atoms. The Kier molecular flexibility index (Phi) is 5.97. The summed E-state index contributed by atoms with van der Waals surface area (Å²) in [7, 11) is 5.22. The lowest BCUT2D eigenvalue weighted by molar-refractivity contribution is -0.143. The van der Waals surface area contributed by atoms with Crippen LogP contribution in [0.5, 0.6) is 0 Å². The van der Waals surface area contributed by atoms with Gasteiger partial charge in [-0.3, -0.25) is 4.79 Å². The smallest absolute Gasteiger partial charge is 0.324 e. The number of nitrogens with one attached hydrogen (secondary N) is 1. The summed E-state index contributed by atoms with van der Waals surface area (Å²) in [5, 5.41) is 2.97. The molecule has 1 N–H and O–H groups in total. The van der Waals surface area contributed by atoms with Crippen molar-refractivity contribution in [1.82, 2.24) is 10.2 Å². The molecule has 0 spiro atoms. The number of nitrogens with zero attached hydrogens (tertiary/aromatic N) is 1. The third kappa shape index (κ3) is 4.49. The molecule has 16 heavy (non-hydrogen) atoms. The molecular weight excluding hydrogens is 204 g/mol. The standard InChI is InChI=1S/C12H26N2O2/c1-9(12(2,3)4)14(6)8-10(13-5)11(15)16-7/h9-10,13H,8H2,1-7H3. The SMILES string of the molecule is CNC(CN(C)C(C)C(C)(C)C)C(=O)OC.